The molecule has 1 atom stereocenters. The lowest BCUT2D eigenvalue weighted by Gasteiger charge is -2.49. The first-order valence-corrected chi connectivity index (χ1v) is 8.64. The number of hydrogen-bond acceptors (Lipinski definition) is 2. The zero-order valence-corrected chi connectivity index (χ0v) is 14.4. The average molecular weight is 309 g/mol. The number of likely N-dealkylation sites (N-methyl/N-ethyl adjacent to an activating group) is 1. The summed E-state index contributed by atoms with van der Waals surface area (Å²) in [6.45, 7) is 3.29. The van der Waals surface area contributed by atoms with Crippen LogP contribution in [0.25, 0.3) is 0 Å². The Labute approximate surface area is 134 Å². The van der Waals surface area contributed by atoms with Gasteiger partial charge in [0.25, 0.3) is 0 Å². The van der Waals surface area contributed by atoms with E-state index in [1.165, 1.54) is 37.7 Å². The molecule has 1 aliphatic rings. The second-order valence-corrected chi connectivity index (χ2v) is 6.93. The number of nitrogens with one attached hydrogen (secondary N) is 1. The van der Waals surface area contributed by atoms with Gasteiger partial charge in [-0.1, -0.05) is 49.9 Å². The second-order valence-electron chi connectivity index (χ2n) is 6.50. The number of benzene rings is 1. The quantitative estimate of drug-likeness (QED) is 0.823. The van der Waals surface area contributed by atoms with Gasteiger partial charge in [-0.3, -0.25) is 0 Å². The van der Waals surface area contributed by atoms with Crippen molar-refractivity contribution in [1.29, 1.82) is 0 Å². The Morgan fingerprint density at radius 1 is 1.14 bits per heavy atom. The van der Waals surface area contributed by atoms with Crippen LogP contribution in [-0.4, -0.2) is 31.1 Å². The molecule has 1 aromatic carbocycles. The van der Waals surface area contributed by atoms with Crippen LogP contribution in [0, 0.1) is 0 Å². The Kier molecular flexibility index (Phi) is 6.09. The van der Waals surface area contributed by atoms with E-state index in [2.05, 4.69) is 43.4 Å². The molecule has 118 valence electrons. The van der Waals surface area contributed by atoms with E-state index in [1.807, 2.05) is 12.1 Å². The largest absolute Gasteiger partial charge is 0.308 e. The summed E-state index contributed by atoms with van der Waals surface area (Å²) >= 11 is 6.07. The minimum atomic E-state index is 0.223. The zero-order valence-electron chi connectivity index (χ0n) is 13.7. The fourth-order valence-corrected chi connectivity index (χ4v) is 3.85. The molecular formula is C18H29ClN2. The molecule has 2 rings (SSSR count). The molecule has 0 aliphatic heterocycles. The van der Waals surface area contributed by atoms with E-state index in [-0.39, 0.29) is 5.54 Å². The van der Waals surface area contributed by atoms with E-state index < -0.39 is 0 Å². The van der Waals surface area contributed by atoms with Gasteiger partial charge >= 0.3 is 0 Å². The molecule has 1 aromatic rings. The van der Waals surface area contributed by atoms with Gasteiger partial charge in [0.05, 0.1) is 6.04 Å². The highest BCUT2D eigenvalue weighted by molar-refractivity contribution is 6.30. The number of nitrogens with zero attached hydrogens (tertiary/aromatic N) is 1. The predicted molar refractivity (Wildman–Crippen MR) is 92.0 cm³/mol. The summed E-state index contributed by atoms with van der Waals surface area (Å²) in [6.07, 6.45) is 7.73. The Balaban J connectivity index is 2.34. The molecule has 3 heteroatoms. The molecule has 21 heavy (non-hydrogen) atoms. The third kappa shape index (κ3) is 3.80. The SMILES string of the molecule is CCCNC(c1ccc(Cl)cc1)C1(N(C)C)CCCCC1. The fraction of sp³-hybridized carbons (Fsp3) is 0.667. The van der Waals surface area contributed by atoms with Crippen molar-refractivity contribution < 1.29 is 0 Å². The van der Waals surface area contributed by atoms with E-state index in [0.29, 0.717) is 6.04 Å². The van der Waals surface area contributed by atoms with Crippen molar-refractivity contribution in [3.8, 4) is 0 Å². The van der Waals surface area contributed by atoms with Crippen molar-refractivity contribution >= 4 is 11.6 Å². The van der Waals surface area contributed by atoms with Gasteiger partial charge in [-0.25, -0.2) is 0 Å². The van der Waals surface area contributed by atoms with Crippen LogP contribution < -0.4 is 5.32 Å². The topological polar surface area (TPSA) is 15.3 Å². The summed E-state index contributed by atoms with van der Waals surface area (Å²) in [5.74, 6) is 0. The first-order chi connectivity index (χ1) is 10.1. The van der Waals surface area contributed by atoms with Crippen LogP contribution in [0.4, 0.5) is 0 Å². The lowest BCUT2D eigenvalue weighted by molar-refractivity contribution is 0.0564. The first-order valence-electron chi connectivity index (χ1n) is 8.26. The number of rotatable bonds is 6. The minimum absolute atomic E-state index is 0.223. The highest BCUT2D eigenvalue weighted by atomic mass is 35.5. The Morgan fingerprint density at radius 3 is 2.29 bits per heavy atom. The van der Waals surface area contributed by atoms with E-state index in [0.717, 1.165) is 18.0 Å². The molecule has 0 amide bonds. The monoisotopic (exact) mass is 308 g/mol. The molecule has 2 nitrogen and oxygen atoms in total. The third-order valence-electron chi connectivity index (χ3n) is 4.95. The Morgan fingerprint density at radius 2 is 1.76 bits per heavy atom. The van der Waals surface area contributed by atoms with Crippen LogP contribution in [0.15, 0.2) is 24.3 Å². The molecule has 0 saturated heterocycles. The first kappa shape index (κ1) is 16.8. The van der Waals surface area contributed by atoms with Gasteiger partial charge in [0.2, 0.25) is 0 Å². The van der Waals surface area contributed by atoms with Gasteiger partial charge < -0.3 is 10.2 Å². The van der Waals surface area contributed by atoms with Crippen LogP contribution in [0.2, 0.25) is 5.02 Å². The molecule has 1 unspecified atom stereocenters. The van der Waals surface area contributed by atoms with Gasteiger partial charge in [0.1, 0.15) is 0 Å². The third-order valence-corrected chi connectivity index (χ3v) is 5.20. The van der Waals surface area contributed by atoms with Crippen molar-refractivity contribution in [2.45, 2.75) is 57.0 Å². The molecule has 0 aromatic heterocycles. The van der Waals surface area contributed by atoms with Crippen molar-refractivity contribution in [2.24, 2.45) is 0 Å². The molecule has 1 saturated carbocycles. The lowest BCUT2D eigenvalue weighted by atomic mass is 9.73. The van der Waals surface area contributed by atoms with Gasteiger partial charge in [-0.2, -0.15) is 0 Å². The van der Waals surface area contributed by atoms with E-state index in [9.17, 15) is 0 Å². The average Bonchev–Trinajstić information content (AvgIpc) is 2.50. The van der Waals surface area contributed by atoms with Crippen LogP contribution >= 0.6 is 11.6 Å². The van der Waals surface area contributed by atoms with Gasteiger partial charge in [0, 0.05) is 10.6 Å². The molecule has 1 aliphatic carbocycles. The van der Waals surface area contributed by atoms with Crippen LogP contribution in [0.3, 0.4) is 0 Å². The summed E-state index contributed by atoms with van der Waals surface area (Å²) in [5.41, 5.74) is 1.59. The van der Waals surface area contributed by atoms with E-state index in [1.54, 1.807) is 0 Å². The summed E-state index contributed by atoms with van der Waals surface area (Å²) in [4.78, 5) is 2.45. The summed E-state index contributed by atoms with van der Waals surface area (Å²) in [6, 6.07) is 8.79. The maximum atomic E-state index is 6.07. The highest BCUT2D eigenvalue weighted by Gasteiger charge is 2.42. The van der Waals surface area contributed by atoms with Crippen LogP contribution in [0.5, 0.6) is 0 Å². The molecule has 1 N–H and O–H groups in total. The second kappa shape index (κ2) is 7.62. The van der Waals surface area contributed by atoms with Gasteiger partial charge in [-0.05, 0) is 57.6 Å². The number of hydrogen-bond donors (Lipinski definition) is 1. The van der Waals surface area contributed by atoms with E-state index in [4.69, 9.17) is 11.6 Å². The van der Waals surface area contributed by atoms with Crippen molar-refractivity contribution in [3.05, 3.63) is 34.9 Å². The molecular weight excluding hydrogens is 280 g/mol. The minimum Gasteiger partial charge on any atom is -0.308 e. The summed E-state index contributed by atoms with van der Waals surface area (Å²) in [7, 11) is 4.48. The summed E-state index contributed by atoms with van der Waals surface area (Å²) < 4.78 is 0. The number of halogens is 1. The lowest BCUT2D eigenvalue weighted by Crippen LogP contribution is -2.55. The fourth-order valence-electron chi connectivity index (χ4n) is 3.72. The van der Waals surface area contributed by atoms with Gasteiger partial charge in [-0.15, -0.1) is 0 Å². The standard InChI is InChI=1S/C18H29ClN2/c1-4-14-20-17(15-8-10-16(19)11-9-15)18(21(2)3)12-6-5-7-13-18/h8-11,17,20H,4-7,12-14H2,1-3H3. The van der Waals surface area contributed by atoms with Crippen LogP contribution in [-0.2, 0) is 0 Å². The molecule has 0 spiro atoms. The zero-order chi connectivity index (χ0) is 15.3. The molecule has 0 heterocycles. The summed E-state index contributed by atoms with van der Waals surface area (Å²) in [5, 5.41) is 4.63. The Bertz CT molecular complexity index is 421. The van der Waals surface area contributed by atoms with Crippen molar-refractivity contribution in [1.82, 2.24) is 10.2 Å². The molecule has 1 fully saturated rings. The highest BCUT2D eigenvalue weighted by Crippen LogP contribution is 2.42. The van der Waals surface area contributed by atoms with Crippen LogP contribution in [0.1, 0.15) is 57.1 Å². The molecule has 0 radical (unpaired) electrons. The van der Waals surface area contributed by atoms with Gasteiger partial charge in [0.15, 0.2) is 0 Å². The Hall–Kier alpha value is -0.570. The van der Waals surface area contributed by atoms with E-state index >= 15 is 0 Å². The maximum absolute atomic E-state index is 6.07. The van der Waals surface area contributed by atoms with Crippen molar-refractivity contribution in [3.63, 3.8) is 0 Å². The predicted octanol–water partition coefficient (Wildman–Crippen LogP) is 4.65. The molecule has 0 bridgehead atoms. The maximum Gasteiger partial charge on any atom is 0.0507 e. The normalized spacial score (nSPS) is 19.7. The smallest absolute Gasteiger partial charge is 0.0507 e. The van der Waals surface area contributed by atoms with Crippen molar-refractivity contribution in [2.75, 3.05) is 20.6 Å².